The average Bonchev–Trinajstić information content (AvgIpc) is 2.30. The van der Waals surface area contributed by atoms with Gasteiger partial charge in [0.2, 0.25) is 0 Å². The first-order valence-electron chi connectivity index (χ1n) is 3.02. The van der Waals surface area contributed by atoms with Crippen molar-refractivity contribution in [3.63, 3.8) is 0 Å². The van der Waals surface area contributed by atoms with Crippen molar-refractivity contribution in [2.75, 3.05) is 0 Å². The van der Waals surface area contributed by atoms with Crippen LogP contribution in [0.5, 0.6) is 0 Å². The minimum absolute atomic E-state index is 0.791. The Kier molecular flexibility index (Phi) is 1.67. The quantitative estimate of drug-likeness (QED) is 0.652. The van der Waals surface area contributed by atoms with Gasteiger partial charge in [-0.2, -0.15) is 0 Å². The Morgan fingerprint density at radius 2 is 2.36 bits per heavy atom. The van der Waals surface area contributed by atoms with Crippen LogP contribution < -0.4 is 0 Å². The zero-order valence-corrected chi connectivity index (χ0v) is 7.85. The summed E-state index contributed by atoms with van der Waals surface area (Å²) in [5.74, 6) is 0. The van der Waals surface area contributed by atoms with Gasteiger partial charge in [-0.15, -0.1) is 0 Å². The largest absolute Gasteiger partial charge is 0.590 e. The third-order valence-corrected chi connectivity index (χ3v) is 3.54. The third-order valence-electron chi connectivity index (χ3n) is 1.42. The molecule has 4 heteroatoms. The molecule has 0 saturated heterocycles. The van der Waals surface area contributed by atoms with Crippen molar-refractivity contribution < 1.29 is 4.55 Å². The van der Waals surface area contributed by atoms with Crippen molar-refractivity contribution in [3.05, 3.63) is 28.2 Å². The van der Waals surface area contributed by atoms with Gasteiger partial charge >= 0.3 is 0 Å². The molecule has 0 spiro atoms. The van der Waals surface area contributed by atoms with Gasteiger partial charge in [-0.05, 0) is 32.7 Å². The fraction of sp³-hybridized carbons (Fsp3) is 0. The third kappa shape index (κ3) is 1.07. The maximum atomic E-state index is 11.2. The van der Waals surface area contributed by atoms with Crippen LogP contribution in [0.2, 0.25) is 0 Å². The highest BCUT2D eigenvalue weighted by atomic mass is 79.9. The zero-order chi connectivity index (χ0) is 7.84. The van der Waals surface area contributed by atoms with Crippen LogP contribution in [0.15, 0.2) is 28.2 Å². The van der Waals surface area contributed by atoms with Crippen LogP contribution in [0, 0.1) is 0 Å². The van der Waals surface area contributed by atoms with E-state index >= 15 is 0 Å². The molecule has 2 aromatic heterocycles. The molecule has 0 aliphatic rings. The van der Waals surface area contributed by atoms with Crippen LogP contribution in [0.4, 0.5) is 0 Å². The van der Waals surface area contributed by atoms with Gasteiger partial charge in [-0.25, -0.2) is 4.98 Å². The van der Waals surface area contributed by atoms with Gasteiger partial charge in [-0.3, -0.25) is 0 Å². The molecule has 0 aliphatic heterocycles. The number of aromatic nitrogens is 1. The minimum Gasteiger partial charge on any atom is -0.590 e. The number of hydrogen-bond acceptors (Lipinski definition) is 2. The van der Waals surface area contributed by atoms with E-state index in [2.05, 4.69) is 20.9 Å². The van der Waals surface area contributed by atoms with Crippen molar-refractivity contribution in [2.24, 2.45) is 0 Å². The number of nitrogens with zero attached hydrogens (tertiary/aromatic N) is 1. The van der Waals surface area contributed by atoms with Crippen LogP contribution in [-0.2, 0) is 0 Å². The van der Waals surface area contributed by atoms with E-state index < -0.39 is 10.8 Å². The molecule has 0 N–H and O–H groups in total. The van der Waals surface area contributed by atoms with Crippen molar-refractivity contribution in [3.8, 4) is 0 Å². The van der Waals surface area contributed by atoms with Crippen molar-refractivity contribution >= 4 is 36.9 Å². The van der Waals surface area contributed by atoms with E-state index in [0.717, 1.165) is 14.7 Å². The van der Waals surface area contributed by atoms with E-state index in [1.807, 2.05) is 6.07 Å². The standard InChI is InChI=1S/C7H4BrNOS/c8-5-4-11(10)6-2-1-3-9-7(5)6/h1-4H. The molecule has 2 aromatic rings. The van der Waals surface area contributed by atoms with Gasteiger partial charge in [-0.1, -0.05) is 0 Å². The van der Waals surface area contributed by atoms with Crippen molar-refractivity contribution in [2.45, 2.75) is 0 Å². The maximum Gasteiger partial charge on any atom is 0.199 e. The summed E-state index contributed by atoms with van der Waals surface area (Å²) >= 11 is 3.28. The summed E-state index contributed by atoms with van der Waals surface area (Å²) in [7, 11) is -0.999. The fourth-order valence-corrected chi connectivity index (χ4v) is 2.89. The number of pyridine rings is 1. The second-order valence-electron chi connectivity index (χ2n) is 2.11. The molecule has 1 atom stereocenters. The topological polar surface area (TPSA) is 36.0 Å². The van der Waals surface area contributed by atoms with Crippen LogP contribution in [0.1, 0.15) is 0 Å². The first-order valence-corrected chi connectivity index (χ1v) is 5.03. The molecule has 0 bridgehead atoms. The van der Waals surface area contributed by atoms with Crippen molar-refractivity contribution in [1.29, 1.82) is 0 Å². The molecule has 2 heterocycles. The minimum atomic E-state index is -0.999. The molecule has 0 amide bonds. The molecule has 2 rings (SSSR count). The summed E-state index contributed by atoms with van der Waals surface area (Å²) in [6, 6.07) is 3.61. The second kappa shape index (κ2) is 2.55. The molecular formula is C7H4BrNOS. The molecule has 0 aliphatic carbocycles. The first kappa shape index (κ1) is 7.21. The van der Waals surface area contributed by atoms with Gasteiger partial charge in [0.1, 0.15) is 9.99 Å². The SMILES string of the molecule is [O-][s+]1cc(Br)c2ncccc21. The molecule has 0 radical (unpaired) electrons. The second-order valence-corrected chi connectivity index (χ2v) is 4.24. The number of thiophene rings is 1. The molecule has 0 aromatic carbocycles. The van der Waals surface area contributed by atoms with Crippen LogP contribution in [0.3, 0.4) is 0 Å². The lowest BCUT2D eigenvalue weighted by atomic mass is 10.4. The van der Waals surface area contributed by atoms with E-state index in [4.69, 9.17) is 0 Å². The van der Waals surface area contributed by atoms with Gasteiger partial charge in [0.25, 0.3) is 0 Å². The van der Waals surface area contributed by atoms with Crippen LogP contribution >= 0.6 is 26.7 Å². The first-order chi connectivity index (χ1) is 5.29. The predicted molar refractivity (Wildman–Crippen MR) is 48.1 cm³/mol. The summed E-state index contributed by atoms with van der Waals surface area (Å²) in [6.07, 6.45) is 1.69. The monoisotopic (exact) mass is 229 g/mol. The highest BCUT2D eigenvalue weighted by Gasteiger charge is 2.10. The maximum absolute atomic E-state index is 11.2. The van der Waals surface area contributed by atoms with E-state index in [1.54, 1.807) is 17.6 Å². The van der Waals surface area contributed by atoms with Gasteiger partial charge in [0, 0.05) is 12.3 Å². The summed E-state index contributed by atoms with van der Waals surface area (Å²) in [6.45, 7) is 0. The normalized spacial score (nSPS) is 12.4. The molecule has 0 fully saturated rings. The lowest BCUT2D eigenvalue weighted by molar-refractivity contribution is 0.600. The molecular weight excluding hydrogens is 226 g/mol. The van der Waals surface area contributed by atoms with Crippen molar-refractivity contribution in [1.82, 2.24) is 4.98 Å². The number of hydrogen-bond donors (Lipinski definition) is 0. The number of rotatable bonds is 0. The molecule has 2 nitrogen and oxygen atoms in total. The zero-order valence-electron chi connectivity index (χ0n) is 5.45. The Bertz CT molecular complexity index is 362. The predicted octanol–water partition coefficient (Wildman–Crippen LogP) is 2.72. The highest BCUT2D eigenvalue weighted by Crippen LogP contribution is 2.33. The summed E-state index contributed by atoms with van der Waals surface area (Å²) < 4.78 is 12.9. The average molecular weight is 230 g/mol. The Hall–Kier alpha value is -0.450. The smallest absolute Gasteiger partial charge is 0.199 e. The van der Waals surface area contributed by atoms with E-state index in [-0.39, 0.29) is 0 Å². The molecule has 0 saturated carbocycles. The van der Waals surface area contributed by atoms with Crippen LogP contribution in [-0.4, -0.2) is 9.54 Å². The van der Waals surface area contributed by atoms with E-state index in [0.29, 0.717) is 0 Å². The van der Waals surface area contributed by atoms with Gasteiger partial charge in [0.15, 0.2) is 10.1 Å². The van der Waals surface area contributed by atoms with Crippen LogP contribution in [0.25, 0.3) is 10.2 Å². The van der Waals surface area contributed by atoms with Gasteiger partial charge < -0.3 is 4.55 Å². The Morgan fingerprint density at radius 1 is 1.55 bits per heavy atom. The lowest BCUT2D eigenvalue weighted by Crippen LogP contribution is -1.69. The molecule has 56 valence electrons. The van der Waals surface area contributed by atoms with E-state index in [1.165, 1.54) is 0 Å². The molecule has 11 heavy (non-hydrogen) atoms. The molecule has 1 unspecified atom stereocenters. The summed E-state index contributed by atoms with van der Waals surface area (Å²) in [4.78, 5) is 4.08. The Labute approximate surface area is 74.8 Å². The number of fused-ring (bicyclic) bond motifs is 1. The van der Waals surface area contributed by atoms with E-state index in [9.17, 15) is 4.55 Å². The lowest BCUT2D eigenvalue weighted by Gasteiger charge is -1.86. The fourth-order valence-electron chi connectivity index (χ4n) is 0.946. The summed E-state index contributed by atoms with van der Waals surface area (Å²) in [5.41, 5.74) is 0.797. The number of halogens is 1. The Balaban J connectivity index is 2.95. The summed E-state index contributed by atoms with van der Waals surface area (Å²) in [5, 5.41) is 1.65. The highest BCUT2D eigenvalue weighted by molar-refractivity contribution is 9.10. The van der Waals surface area contributed by atoms with Gasteiger partial charge in [0.05, 0.1) is 0 Å². The Morgan fingerprint density at radius 3 is 3.09 bits per heavy atom.